The Hall–Kier alpha value is -1.04. The van der Waals surface area contributed by atoms with Crippen LogP contribution in [-0.2, 0) is 9.53 Å². The average molecular weight is 237 g/mol. The van der Waals surface area contributed by atoms with Gasteiger partial charge in [-0.3, -0.25) is 9.53 Å². The van der Waals surface area contributed by atoms with Gasteiger partial charge >= 0.3 is 6.36 Å². The molecule has 6 heteroatoms. The molecule has 1 aliphatic rings. The third-order valence-corrected chi connectivity index (χ3v) is 2.33. The van der Waals surface area contributed by atoms with Crippen molar-refractivity contribution in [1.82, 2.24) is 4.90 Å². The first-order chi connectivity index (χ1) is 7.28. The summed E-state index contributed by atoms with van der Waals surface area (Å²) in [5.41, 5.74) is 0. The van der Waals surface area contributed by atoms with Crippen molar-refractivity contribution in [3.8, 4) is 0 Å². The van der Waals surface area contributed by atoms with Gasteiger partial charge in [-0.05, 0) is 18.9 Å². The van der Waals surface area contributed by atoms with Crippen molar-refractivity contribution in [2.75, 3.05) is 14.1 Å². The lowest BCUT2D eigenvalue weighted by Gasteiger charge is -2.33. The highest BCUT2D eigenvalue weighted by atomic mass is 19.4. The summed E-state index contributed by atoms with van der Waals surface area (Å²) in [4.78, 5) is 13.1. The molecule has 0 N–H and O–H groups in total. The predicted octanol–water partition coefficient (Wildman–Crippen LogP) is 1.95. The molecule has 0 radical (unpaired) electrons. The highest BCUT2D eigenvalue weighted by Gasteiger charge is 2.41. The first kappa shape index (κ1) is 13.0. The van der Waals surface area contributed by atoms with Crippen LogP contribution in [0.25, 0.3) is 0 Å². The molecule has 0 heterocycles. The second-order valence-corrected chi connectivity index (χ2v) is 4.04. The van der Waals surface area contributed by atoms with E-state index in [9.17, 15) is 18.0 Å². The van der Waals surface area contributed by atoms with Gasteiger partial charge in [-0.15, -0.1) is 13.2 Å². The molecule has 1 fully saturated rings. The van der Waals surface area contributed by atoms with Crippen LogP contribution in [0.3, 0.4) is 0 Å². The Bertz CT molecular complexity index is 280. The number of halogens is 3. The van der Waals surface area contributed by atoms with Crippen molar-refractivity contribution < 1.29 is 22.7 Å². The van der Waals surface area contributed by atoms with Gasteiger partial charge in [0.25, 0.3) is 0 Å². The summed E-state index contributed by atoms with van der Waals surface area (Å²) in [6.45, 7) is 0. The molecule has 16 heavy (non-hydrogen) atoms. The molecule has 0 aliphatic heterocycles. The Morgan fingerprint density at radius 1 is 1.38 bits per heavy atom. The summed E-state index contributed by atoms with van der Waals surface area (Å²) in [6.07, 6.45) is -2.19. The first-order valence-corrected chi connectivity index (χ1v) is 4.91. The third-order valence-electron chi connectivity index (χ3n) is 2.33. The van der Waals surface area contributed by atoms with Crippen molar-refractivity contribution in [2.45, 2.75) is 25.3 Å². The number of hydrogen-bond acceptors (Lipinski definition) is 3. The van der Waals surface area contributed by atoms with Crippen LogP contribution >= 0.6 is 0 Å². The Morgan fingerprint density at radius 3 is 2.38 bits per heavy atom. The lowest BCUT2D eigenvalue weighted by molar-refractivity contribution is -0.353. The van der Waals surface area contributed by atoms with E-state index in [1.807, 2.05) is 0 Å². The van der Waals surface area contributed by atoms with Crippen molar-refractivity contribution in [3.63, 3.8) is 0 Å². The van der Waals surface area contributed by atoms with Gasteiger partial charge in [0, 0.05) is 26.2 Å². The molecule has 0 saturated heterocycles. The van der Waals surface area contributed by atoms with Gasteiger partial charge < -0.3 is 4.90 Å². The fraction of sp³-hybridized carbons (Fsp3) is 0.700. The van der Waals surface area contributed by atoms with Crippen LogP contribution < -0.4 is 0 Å². The smallest absolute Gasteiger partial charge is 0.383 e. The second kappa shape index (κ2) is 4.86. The van der Waals surface area contributed by atoms with Crippen molar-refractivity contribution in [2.24, 2.45) is 5.92 Å². The topological polar surface area (TPSA) is 29.5 Å². The molecular weight excluding hydrogens is 223 g/mol. The monoisotopic (exact) mass is 237 g/mol. The summed E-state index contributed by atoms with van der Waals surface area (Å²) in [7, 11) is 3.53. The Morgan fingerprint density at radius 2 is 1.94 bits per heavy atom. The van der Waals surface area contributed by atoms with E-state index in [2.05, 4.69) is 4.74 Å². The fourth-order valence-electron chi connectivity index (χ4n) is 1.44. The highest BCUT2D eigenvalue weighted by Crippen LogP contribution is 2.35. The molecule has 0 atom stereocenters. The van der Waals surface area contributed by atoms with Crippen LogP contribution in [0.5, 0.6) is 0 Å². The minimum Gasteiger partial charge on any atom is -0.383 e. The summed E-state index contributed by atoms with van der Waals surface area (Å²) in [5.74, 6) is -0.473. The zero-order chi connectivity index (χ0) is 12.3. The maximum absolute atomic E-state index is 11.8. The Kier molecular flexibility index (Phi) is 3.96. The van der Waals surface area contributed by atoms with Gasteiger partial charge in [-0.1, -0.05) is 0 Å². The number of carbonyl (C=O) groups excluding carboxylic acids is 1. The number of ether oxygens (including phenoxy) is 1. The van der Waals surface area contributed by atoms with Gasteiger partial charge in [0.15, 0.2) is 5.78 Å². The minimum absolute atomic E-state index is 0.143. The minimum atomic E-state index is -4.60. The number of alkyl halides is 3. The van der Waals surface area contributed by atoms with E-state index >= 15 is 0 Å². The van der Waals surface area contributed by atoms with Crippen LogP contribution in [0, 0.1) is 5.92 Å². The third kappa shape index (κ3) is 4.22. The molecule has 0 aromatic heterocycles. The van der Waals surface area contributed by atoms with E-state index in [4.69, 9.17) is 0 Å². The van der Waals surface area contributed by atoms with Crippen LogP contribution in [0.4, 0.5) is 13.2 Å². The van der Waals surface area contributed by atoms with Crippen LogP contribution in [0.1, 0.15) is 12.8 Å². The van der Waals surface area contributed by atoms with E-state index in [1.165, 1.54) is 6.08 Å². The lowest BCUT2D eigenvalue weighted by atomic mass is 9.79. The summed E-state index contributed by atoms with van der Waals surface area (Å²) >= 11 is 0. The number of ketones is 1. The molecule has 3 nitrogen and oxygen atoms in total. The molecule has 92 valence electrons. The lowest BCUT2D eigenvalue weighted by Crippen LogP contribution is -2.39. The van der Waals surface area contributed by atoms with E-state index in [1.54, 1.807) is 25.2 Å². The Balaban J connectivity index is 2.28. The summed E-state index contributed by atoms with van der Waals surface area (Å²) in [6, 6.07) is 0. The highest BCUT2D eigenvalue weighted by molar-refractivity contribution is 5.92. The average Bonchev–Trinajstić information content (AvgIpc) is 2.05. The number of carbonyl (C=O) groups is 1. The molecule has 1 rings (SSSR count). The van der Waals surface area contributed by atoms with Crippen molar-refractivity contribution in [3.05, 3.63) is 12.3 Å². The largest absolute Gasteiger partial charge is 0.522 e. The normalized spacial score (nSPS) is 25.6. The molecule has 0 spiro atoms. The molecule has 0 aromatic rings. The molecule has 0 bridgehead atoms. The quantitative estimate of drug-likeness (QED) is 0.700. The number of hydrogen-bond donors (Lipinski definition) is 0. The first-order valence-electron chi connectivity index (χ1n) is 4.91. The zero-order valence-corrected chi connectivity index (χ0v) is 9.12. The van der Waals surface area contributed by atoms with Crippen molar-refractivity contribution in [1.29, 1.82) is 0 Å². The molecule has 0 unspecified atom stereocenters. The van der Waals surface area contributed by atoms with Gasteiger partial charge in [-0.25, -0.2) is 0 Å². The maximum atomic E-state index is 11.8. The van der Waals surface area contributed by atoms with Crippen LogP contribution in [0.15, 0.2) is 12.3 Å². The number of allylic oxidation sites excluding steroid dienone is 1. The van der Waals surface area contributed by atoms with Gasteiger partial charge in [0.2, 0.25) is 0 Å². The summed E-state index contributed by atoms with van der Waals surface area (Å²) in [5, 5.41) is 0. The Labute approximate surface area is 91.9 Å². The van der Waals surface area contributed by atoms with Gasteiger partial charge in [0.1, 0.15) is 0 Å². The van der Waals surface area contributed by atoms with Gasteiger partial charge in [-0.2, -0.15) is 0 Å². The van der Waals surface area contributed by atoms with E-state index in [0.717, 1.165) is 0 Å². The molecule has 1 saturated carbocycles. The predicted molar refractivity (Wildman–Crippen MR) is 51.5 cm³/mol. The molecular formula is C10H14F3NO2. The van der Waals surface area contributed by atoms with Crippen molar-refractivity contribution >= 4 is 5.78 Å². The molecule has 0 amide bonds. The van der Waals surface area contributed by atoms with E-state index < -0.39 is 12.5 Å². The molecule has 1 aliphatic carbocycles. The second-order valence-electron chi connectivity index (χ2n) is 4.04. The standard InChI is InChI=1S/C10H14F3NO2/c1-14(2)4-3-9(15)7-5-8(6-7)16-10(11,12)13/h3-4,7-8H,5-6H2,1-2H3. The maximum Gasteiger partial charge on any atom is 0.522 e. The zero-order valence-electron chi connectivity index (χ0n) is 9.12. The van der Waals surface area contributed by atoms with Gasteiger partial charge in [0.05, 0.1) is 6.10 Å². The van der Waals surface area contributed by atoms with Crippen LogP contribution in [-0.4, -0.2) is 37.2 Å². The van der Waals surface area contributed by atoms with E-state index in [-0.39, 0.29) is 24.5 Å². The van der Waals surface area contributed by atoms with E-state index in [0.29, 0.717) is 0 Å². The fourth-order valence-corrected chi connectivity index (χ4v) is 1.44. The van der Waals surface area contributed by atoms with Crippen LogP contribution in [0.2, 0.25) is 0 Å². The SMILES string of the molecule is CN(C)C=CC(=O)C1CC(OC(F)(F)F)C1. The number of nitrogens with zero attached hydrogens (tertiary/aromatic N) is 1. The molecule has 0 aromatic carbocycles. The number of rotatable bonds is 4. The summed E-state index contributed by atoms with van der Waals surface area (Å²) < 4.78 is 39.1.